The minimum Gasteiger partial charge on any atom is -0.496 e. The summed E-state index contributed by atoms with van der Waals surface area (Å²) in [5.74, 6) is -0.00417. The molecule has 0 spiro atoms. The number of hydrogen-bond donors (Lipinski definition) is 1. The SMILES string of the molecule is COc1ccccc1CC(=O)N/N=C/c1ccccc1OS(=O)(=O)c1ccc(C(F)(F)F)cc1. The molecule has 0 heterocycles. The van der Waals surface area contributed by atoms with Crippen molar-refractivity contribution >= 4 is 22.2 Å². The predicted octanol–water partition coefficient (Wildman–Crippen LogP) is 4.17. The molecule has 1 amide bonds. The van der Waals surface area contributed by atoms with Gasteiger partial charge in [-0.2, -0.15) is 26.7 Å². The van der Waals surface area contributed by atoms with E-state index in [0.717, 1.165) is 12.1 Å². The van der Waals surface area contributed by atoms with Crippen molar-refractivity contribution in [3.05, 3.63) is 89.5 Å². The van der Waals surface area contributed by atoms with E-state index in [4.69, 9.17) is 8.92 Å². The van der Waals surface area contributed by atoms with Gasteiger partial charge in [0.05, 0.1) is 25.3 Å². The molecule has 3 aromatic carbocycles. The largest absolute Gasteiger partial charge is 0.496 e. The summed E-state index contributed by atoms with van der Waals surface area (Å²) in [5, 5.41) is 3.83. The van der Waals surface area contributed by atoms with Gasteiger partial charge >= 0.3 is 16.3 Å². The van der Waals surface area contributed by atoms with Gasteiger partial charge in [-0.25, -0.2) is 5.43 Å². The highest BCUT2D eigenvalue weighted by atomic mass is 32.2. The van der Waals surface area contributed by atoms with Crippen molar-refractivity contribution in [2.75, 3.05) is 7.11 Å². The van der Waals surface area contributed by atoms with Crippen LogP contribution < -0.4 is 14.3 Å². The number of rotatable bonds is 8. The number of ether oxygens (including phenoxy) is 1. The van der Waals surface area contributed by atoms with Crippen molar-refractivity contribution in [2.24, 2.45) is 5.10 Å². The number of methoxy groups -OCH3 is 1. The molecule has 0 fully saturated rings. The molecule has 0 aliphatic rings. The molecule has 34 heavy (non-hydrogen) atoms. The molecule has 0 aliphatic carbocycles. The smallest absolute Gasteiger partial charge is 0.416 e. The van der Waals surface area contributed by atoms with Crippen LogP contribution in [-0.4, -0.2) is 27.6 Å². The maximum atomic E-state index is 12.7. The lowest BCUT2D eigenvalue weighted by molar-refractivity contribution is -0.137. The second-order valence-electron chi connectivity index (χ2n) is 6.88. The third-order valence-corrected chi connectivity index (χ3v) is 5.77. The molecule has 0 unspecified atom stereocenters. The summed E-state index contributed by atoms with van der Waals surface area (Å²) in [6, 6.07) is 15.9. The lowest BCUT2D eigenvalue weighted by atomic mass is 10.1. The molecule has 0 saturated carbocycles. The molecule has 0 saturated heterocycles. The maximum absolute atomic E-state index is 12.7. The first-order valence-corrected chi connectivity index (χ1v) is 11.2. The van der Waals surface area contributed by atoms with Gasteiger partial charge in [-0.1, -0.05) is 30.3 Å². The average Bonchev–Trinajstić information content (AvgIpc) is 2.80. The molecular formula is C23H19F3N2O5S. The average molecular weight is 492 g/mol. The van der Waals surface area contributed by atoms with Crippen molar-refractivity contribution < 1.29 is 35.3 Å². The van der Waals surface area contributed by atoms with Gasteiger partial charge < -0.3 is 8.92 Å². The van der Waals surface area contributed by atoms with Gasteiger partial charge in [-0.15, -0.1) is 0 Å². The summed E-state index contributed by atoms with van der Waals surface area (Å²) in [6.07, 6.45) is -3.40. The first-order chi connectivity index (χ1) is 16.1. The summed E-state index contributed by atoms with van der Waals surface area (Å²) < 4.78 is 73.5. The number of nitrogens with one attached hydrogen (secondary N) is 1. The number of hydrazone groups is 1. The lowest BCUT2D eigenvalue weighted by Gasteiger charge is -2.11. The number of halogens is 3. The van der Waals surface area contributed by atoms with Crippen LogP contribution in [0.25, 0.3) is 0 Å². The molecule has 3 rings (SSSR count). The van der Waals surface area contributed by atoms with E-state index < -0.39 is 32.7 Å². The number of para-hydroxylation sites is 2. The Labute approximate surface area is 194 Å². The highest BCUT2D eigenvalue weighted by Crippen LogP contribution is 2.30. The molecule has 7 nitrogen and oxygen atoms in total. The monoisotopic (exact) mass is 492 g/mol. The maximum Gasteiger partial charge on any atom is 0.416 e. The molecule has 0 aromatic heterocycles. The van der Waals surface area contributed by atoms with Crippen molar-refractivity contribution in [3.63, 3.8) is 0 Å². The standard InChI is InChI=1S/C23H19F3N2O5S/c1-32-20-8-4-2-6-16(20)14-22(29)28-27-15-17-7-3-5-9-21(17)33-34(30,31)19-12-10-18(11-13-19)23(24,25)26/h2-13,15H,14H2,1H3,(H,28,29)/b27-15+. The third kappa shape index (κ3) is 6.35. The van der Waals surface area contributed by atoms with Gasteiger partial charge in [-0.3, -0.25) is 4.79 Å². The van der Waals surface area contributed by atoms with Crippen LogP contribution in [-0.2, 0) is 27.5 Å². The van der Waals surface area contributed by atoms with E-state index in [2.05, 4.69) is 10.5 Å². The highest BCUT2D eigenvalue weighted by Gasteiger charge is 2.31. The normalized spacial score (nSPS) is 11.9. The van der Waals surface area contributed by atoms with Gasteiger partial charge in [0, 0.05) is 11.1 Å². The molecule has 178 valence electrons. The first kappa shape index (κ1) is 24.8. The van der Waals surface area contributed by atoms with E-state index in [9.17, 15) is 26.4 Å². The Balaban J connectivity index is 1.70. The molecule has 1 N–H and O–H groups in total. The fourth-order valence-electron chi connectivity index (χ4n) is 2.88. The number of carbonyl (C=O) groups excluding carboxylic acids is 1. The van der Waals surface area contributed by atoms with E-state index in [1.165, 1.54) is 31.5 Å². The Hall–Kier alpha value is -3.86. The number of hydrogen-bond acceptors (Lipinski definition) is 6. The van der Waals surface area contributed by atoms with E-state index >= 15 is 0 Å². The quantitative estimate of drug-likeness (QED) is 0.289. The summed E-state index contributed by atoms with van der Waals surface area (Å²) in [7, 11) is -2.93. The molecule has 11 heteroatoms. The van der Waals surface area contributed by atoms with Crippen LogP contribution in [0.5, 0.6) is 11.5 Å². The minimum atomic E-state index is -4.59. The van der Waals surface area contributed by atoms with Crippen LogP contribution in [0, 0.1) is 0 Å². The Kier molecular flexibility index (Phi) is 7.57. The van der Waals surface area contributed by atoms with E-state index in [-0.39, 0.29) is 17.7 Å². The summed E-state index contributed by atoms with van der Waals surface area (Å²) >= 11 is 0. The third-order valence-electron chi connectivity index (χ3n) is 4.53. The van der Waals surface area contributed by atoms with Gasteiger partial charge in [0.1, 0.15) is 10.6 Å². The minimum absolute atomic E-state index is 0.00179. The Morgan fingerprint density at radius 3 is 2.24 bits per heavy atom. The summed E-state index contributed by atoms with van der Waals surface area (Å²) in [5.41, 5.74) is 2.23. The zero-order valence-corrected chi connectivity index (χ0v) is 18.6. The predicted molar refractivity (Wildman–Crippen MR) is 118 cm³/mol. The van der Waals surface area contributed by atoms with Crippen LogP contribution in [0.3, 0.4) is 0 Å². The molecule has 0 bridgehead atoms. The van der Waals surface area contributed by atoms with Crippen LogP contribution in [0.1, 0.15) is 16.7 Å². The van der Waals surface area contributed by atoms with Gasteiger partial charge in [0.25, 0.3) is 0 Å². The molecule has 0 radical (unpaired) electrons. The van der Waals surface area contributed by atoms with Crippen LogP contribution in [0.4, 0.5) is 13.2 Å². The van der Waals surface area contributed by atoms with Crippen molar-refractivity contribution in [3.8, 4) is 11.5 Å². The Bertz CT molecular complexity index is 1290. The van der Waals surface area contributed by atoms with Crippen LogP contribution in [0.2, 0.25) is 0 Å². The summed E-state index contributed by atoms with van der Waals surface area (Å²) in [4.78, 5) is 11.7. The van der Waals surface area contributed by atoms with E-state index in [0.29, 0.717) is 23.4 Å². The second-order valence-corrected chi connectivity index (χ2v) is 8.43. The molecular weight excluding hydrogens is 473 g/mol. The Morgan fingerprint density at radius 1 is 0.971 bits per heavy atom. The summed E-state index contributed by atoms with van der Waals surface area (Å²) in [6.45, 7) is 0. The first-order valence-electron chi connectivity index (χ1n) is 9.75. The van der Waals surface area contributed by atoms with Gasteiger partial charge in [0.2, 0.25) is 5.91 Å². The second kappa shape index (κ2) is 10.4. The topological polar surface area (TPSA) is 94.1 Å². The number of amides is 1. The van der Waals surface area contributed by atoms with Crippen molar-refractivity contribution in [2.45, 2.75) is 17.5 Å². The Morgan fingerprint density at radius 2 is 1.59 bits per heavy atom. The molecule has 3 aromatic rings. The van der Waals surface area contributed by atoms with Gasteiger partial charge in [-0.05, 0) is 42.5 Å². The fraction of sp³-hybridized carbons (Fsp3) is 0.130. The molecule has 0 aliphatic heterocycles. The van der Waals surface area contributed by atoms with Crippen molar-refractivity contribution in [1.82, 2.24) is 5.43 Å². The van der Waals surface area contributed by atoms with E-state index in [1.807, 2.05) is 0 Å². The fourth-order valence-corrected chi connectivity index (χ4v) is 3.83. The zero-order valence-electron chi connectivity index (χ0n) is 17.7. The number of carbonyl (C=O) groups is 1. The number of alkyl halides is 3. The van der Waals surface area contributed by atoms with Gasteiger partial charge in [0.15, 0.2) is 5.75 Å². The van der Waals surface area contributed by atoms with E-state index in [1.54, 1.807) is 30.3 Å². The van der Waals surface area contributed by atoms with Crippen LogP contribution >= 0.6 is 0 Å². The number of benzene rings is 3. The highest BCUT2D eigenvalue weighted by molar-refractivity contribution is 7.87. The zero-order chi connectivity index (χ0) is 24.8. The van der Waals surface area contributed by atoms with Crippen molar-refractivity contribution in [1.29, 1.82) is 0 Å². The lowest BCUT2D eigenvalue weighted by Crippen LogP contribution is -2.20. The molecule has 0 atom stereocenters. The number of nitrogens with zero attached hydrogens (tertiary/aromatic N) is 1. The van der Waals surface area contributed by atoms with Crippen LogP contribution in [0.15, 0.2) is 82.8 Å².